The van der Waals surface area contributed by atoms with Gasteiger partial charge in [-0.25, -0.2) is 0 Å². The lowest BCUT2D eigenvalue weighted by molar-refractivity contribution is 0.174. The maximum absolute atomic E-state index is 5.60. The minimum atomic E-state index is 0.264. The number of hydrogen-bond acceptors (Lipinski definition) is 6. The third-order valence-corrected chi connectivity index (χ3v) is 5.28. The second-order valence-electron chi connectivity index (χ2n) is 6.51. The second kappa shape index (κ2) is 8.02. The largest absolute Gasteiger partial charge is 0.497 e. The summed E-state index contributed by atoms with van der Waals surface area (Å²) in [4.78, 5) is 4.48. The third-order valence-electron chi connectivity index (χ3n) is 4.92. The number of rotatable bonds is 4. The summed E-state index contributed by atoms with van der Waals surface area (Å²) in [6, 6.07) is 11.6. The van der Waals surface area contributed by atoms with Crippen LogP contribution in [0, 0.1) is 0 Å². The normalized spacial score (nSPS) is 15.4. The first-order valence-corrected chi connectivity index (χ1v) is 9.51. The average molecular weight is 401 g/mol. The van der Waals surface area contributed by atoms with Crippen molar-refractivity contribution in [3.8, 4) is 23.0 Å². The van der Waals surface area contributed by atoms with Crippen LogP contribution in [0.4, 0.5) is 11.4 Å². The van der Waals surface area contributed by atoms with Crippen LogP contribution in [0.2, 0.25) is 0 Å². The average Bonchev–Trinajstić information content (AvgIpc) is 3.21. The molecule has 2 aliphatic rings. The van der Waals surface area contributed by atoms with E-state index < -0.39 is 0 Å². The van der Waals surface area contributed by atoms with Gasteiger partial charge in [0.1, 0.15) is 11.5 Å². The molecular weight excluding hydrogens is 378 g/mol. The Kier molecular flexibility index (Phi) is 5.29. The van der Waals surface area contributed by atoms with E-state index in [0.717, 1.165) is 60.6 Å². The van der Waals surface area contributed by atoms with Crippen LogP contribution in [-0.4, -0.2) is 57.2 Å². The molecule has 2 aromatic rings. The van der Waals surface area contributed by atoms with Gasteiger partial charge in [0, 0.05) is 44.0 Å². The van der Waals surface area contributed by atoms with Crippen LogP contribution < -0.4 is 29.2 Å². The number of piperazine rings is 1. The number of fused-ring (bicyclic) bond motifs is 1. The van der Waals surface area contributed by atoms with Gasteiger partial charge >= 0.3 is 0 Å². The Labute approximate surface area is 169 Å². The number of hydrogen-bond donors (Lipinski definition) is 1. The maximum atomic E-state index is 5.60. The van der Waals surface area contributed by atoms with Gasteiger partial charge in [0.2, 0.25) is 6.79 Å². The van der Waals surface area contributed by atoms with Crippen LogP contribution in [0.1, 0.15) is 0 Å². The lowest BCUT2D eigenvalue weighted by Crippen LogP contribution is -2.50. The molecule has 28 heavy (non-hydrogen) atoms. The van der Waals surface area contributed by atoms with Gasteiger partial charge in [-0.2, -0.15) is 0 Å². The molecule has 0 saturated carbocycles. The molecule has 7 nitrogen and oxygen atoms in total. The third kappa shape index (κ3) is 3.73. The van der Waals surface area contributed by atoms with E-state index in [1.807, 2.05) is 36.4 Å². The van der Waals surface area contributed by atoms with Crippen molar-refractivity contribution in [2.45, 2.75) is 0 Å². The monoisotopic (exact) mass is 401 g/mol. The molecule has 1 N–H and O–H groups in total. The number of anilines is 2. The molecular formula is C20H23N3O4S. The number of thiocarbonyl (C=S) groups is 1. The quantitative estimate of drug-likeness (QED) is 0.785. The fourth-order valence-corrected chi connectivity index (χ4v) is 3.67. The van der Waals surface area contributed by atoms with Crippen molar-refractivity contribution >= 4 is 28.7 Å². The smallest absolute Gasteiger partial charge is 0.231 e. The van der Waals surface area contributed by atoms with E-state index in [4.69, 9.17) is 31.2 Å². The SMILES string of the molecule is COc1ccc(N2CCN(C(=S)Nc3ccc4c(c3)OCO4)CC2)c(OC)c1. The molecule has 4 rings (SSSR count). The zero-order chi connectivity index (χ0) is 19.5. The predicted molar refractivity (Wildman–Crippen MR) is 112 cm³/mol. The van der Waals surface area contributed by atoms with Gasteiger partial charge in [0.25, 0.3) is 0 Å². The van der Waals surface area contributed by atoms with Crippen molar-refractivity contribution in [1.82, 2.24) is 4.90 Å². The summed E-state index contributed by atoms with van der Waals surface area (Å²) in [7, 11) is 3.33. The van der Waals surface area contributed by atoms with Crippen LogP contribution in [0.15, 0.2) is 36.4 Å². The van der Waals surface area contributed by atoms with Crippen LogP contribution in [0.3, 0.4) is 0 Å². The zero-order valence-corrected chi connectivity index (χ0v) is 16.8. The fraction of sp³-hybridized carbons (Fsp3) is 0.350. The van der Waals surface area contributed by atoms with Crippen molar-refractivity contribution in [2.24, 2.45) is 0 Å². The topological polar surface area (TPSA) is 55.4 Å². The van der Waals surface area contributed by atoms with E-state index >= 15 is 0 Å². The van der Waals surface area contributed by atoms with E-state index in [9.17, 15) is 0 Å². The number of methoxy groups -OCH3 is 2. The summed E-state index contributed by atoms with van der Waals surface area (Å²) in [6.45, 7) is 3.62. The van der Waals surface area contributed by atoms with Gasteiger partial charge < -0.3 is 34.1 Å². The lowest BCUT2D eigenvalue weighted by Gasteiger charge is -2.37. The molecule has 1 saturated heterocycles. The van der Waals surface area contributed by atoms with E-state index in [2.05, 4.69) is 15.1 Å². The molecule has 0 aliphatic carbocycles. The van der Waals surface area contributed by atoms with Crippen LogP contribution in [0.25, 0.3) is 0 Å². The predicted octanol–water partition coefficient (Wildman–Crippen LogP) is 2.95. The summed E-state index contributed by atoms with van der Waals surface area (Å²) in [6.07, 6.45) is 0. The maximum Gasteiger partial charge on any atom is 0.231 e. The molecule has 0 spiro atoms. The highest BCUT2D eigenvalue weighted by molar-refractivity contribution is 7.80. The minimum absolute atomic E-state index is 0.264. The molecule has 1 fully saturated rings. The van der Waals surface area contributed by atoms with Gasteiger partial charge in [0.05, 0.1) is 19.9 Å². The summed E-state index contributed by atoms with van der Waals surface area (Å²) >= 11 is 5.60. The molecule has 0 aromatic heterocycles. The second-order valence-corrected chi connectivity index (χ2v) is 6.90. The van der Waals surface area contributed by atoms with E-state index in [1.54, 1.807) is 14.2 Å². The van der Waals surface area contributed by atoms with Crippen molar-refractivity contribution in [3.63, 3.8) is 0 Å². The van der Waals surface area contributed by atoms with Gasteiger partial charge in [0.15, 0.2) is 16.6 Å². The molecule has 0 amide bonds. The number of ether oxygens (including phenoxy) is 4. The molecule has 0 radical (unpaired) electrons. The zero-order valence-electron chi connectivity index (χ0n) is 15.9. The molecule has 8 heteroatoms. The number of nitrogens with one attached hydrogen (secondary N) is 1. The highest BCUT2D eigenvalue weighted by atomic mass is 32.1. The lowest BCUT2D eigenvalue weighted by atomic mass is 10.2. The standard InChI is InChI=1S/C20H23N3O4S/c1-24-15-4-5-16(18(12-15)25-2)22-7-9-23(10-8-22)20(28)21-14-3-6-17-19(11-14)27-13-26-17/h3-6,11-12H,7-10,13H2,1-2H3,(H,21,28). The van der Waals surface area contributed by atoms with Crippen LogP contribution in [0.5, 0.6) is 23.0 Å². The van der Waals surface area contributed by atoms with Crippen molar-refractivity contribution in [3.05, 3.63) is 36.4 Å². The summed E-state index contributed by atoms with van der Waals surface area (Å²) in [5.74, 6) is 3.10. The summed E-state index contributed by atoms with van der Waals surface area (Å²) in [5.41, 5.74) is 1.96. The molecule has 0 atom stereocenters. The van der Waals surface area contributed by atoms with E-state index in [1.165, 1.54) is 0 Å². The van der Waals surface area contributed by atoms with Gasteiger partial charge in [-0.1, -0.05) is 0 Å². The molecule has 0 unspecified atom stereocenters. The van der Waals surface area contributed by atoms with Gasteiger partial charge in [-0.3, -0.25) is 0 Å². The Morgan fingerprint density at radius 1 is 0.964 bits per heavy atom. The highest BCUT2D eigenvalue weighted by Gasteiger charge is 2.22. The molecule has 148 valence electrons. The first kappa shape index (κ1) is 18.5. The molecule has 0 bridgehead atoms. The number of nitrogens with zero attached hydrogens (tertiary/aromatic N) is 2. The highest BCUT2D eigenvalue weighted by Crippen LogP contribution is 2.35. The van der Waals surface area contributed by atoms with Gasteiger partial charge in [-0.05, 0) is 36.5 Å². The number of benzene rings is 2. The van der Waals surface area contributed by atoms with Crippen LogP contribution >= 0.6 is 12.2 Å². The molecule has 2 aliphatic heterocycles. The van der Waals surface area contributed by atoms with Gasteiger partial charge in [-0.15, -0.1) is 0 Å². The van der Waals surface area contributed by atoms with E-state index in [0.29, 0.717) is 5.11 Å². The summed E-state index contributed by atoms with van der Waals surface area (Å²) in [5, 5.41) is 4.00. The Hall–Kier alpha value is -2.87. The Morgan fingerprint density at radius 2 is 1.75 bits per heavy atom. The Morgan fingerprint density at radius 3 is 2.50 bits per heavy atom. The van der Waals surface area contributed by atoms with Crippen LogP contribution in [-0.2, 0) is 0 Å². The fourth-order valence-electron chi connectivity index (χ4n) is 3.37. The Bertz CT molecular complexity index is 869. The summed E-state index contributed by atoms with van der Waals surface area (Å²) < 4.78 is 21.6. The van der Waals surface area contributed by atoms with E-state index in [-0.39, 0.29) is 6.79 Å². The molecule has 2 aromatic carbocycles. The van der Waals surface area contributed by atoms with Crippen molar-refractivity contribution < 1.29 is 18.9 Å². The van der Waals surface area contributed by atoms with Crippen molar-refractivity contribution in [1.29, 1.82) is 0 Å². The van der Waals surface area contributed by atoms with Crippen molar-refractivity contribution in [2.75, 3.05) is 57.4 Å². The minimum Gasteiger partial charge on any atom is -0.497 e. The first-order chi connectivity index (χ1) is 13.7. The Balaban J connectivity index is 1.37. The molecule has 2 heterocycles. The first-order valence-electron chi connectivity index (χ1n) is 9.10.